The number of nitrogens with one attached hydrogen (secondary N) is 1. The molecule has 0 radical (unpaired) electrons. The summed E-state index contributed by atoms with van der Waals surface area (Å²) in [7, 11) is 0. The average molecular weight is 217 g/mol. The molecule has 88 valence electrons. The number of alkyl carbamates (subject to hydrolysis) is 1. The minimum Gasteiger partial charge on any atom is -0.464 e. The Morgan fingerprint density at radius 3 is 2.47 bits per heavy atom. The number of unbranched alkanes of at least 4 members (excludes halogenated alkanes) is 1. The topological polar surface area (TPSA) is 64.6 Å². The second-order valence-corrected chi connectivity index (χ2v) is 3.11. The quantitative estimate of drug-likeness (QED) is 0.540. The van der Waals surface area contributed by atoms with Crippen molar-refractivity contribution in [1.29, 1.82) is 0 Å². The summed E-state index contributed by atoms with van der Waals surface area (Å²) in [6.07, 6.45) is 1.20. The fraction of sp³-hybridized carbons (Fsp3) is 0.800. The minimum absolute atomic E-state index is 0.281. The van der Waals surface area contributed by atoms with Gasteiger partial charge >= 0.3 is 12.1 Å². The summed E-state index contributed by atoms with van der Waals surface area (Å²) >= 11 is 0. The Bertz CT molecular complexity index is 206. The number of amides is 1. The van der Waals surface area contributed by atoms with Crippen molar-refractivity contribution in [3.05, 3.63) is 0 Å². The summed E-state index contributed by atoms with van der Waals surface area (Å²) in [5.41, 5.74) is 0. The number of ether oxygens (including phenoxy) is 2. The molecule has 0 heterocycles. The van der Waals surface area contributed by atoms with E-state index in [1.54, 1.807) is 13.8 Å². The molecule has 1 amide bonds. The Balaban J connectivity index is 3.73. The molecule has 15 heavy (non-hydrogen) atoms. The zero-order chi connectivity index (χ0) is 11.7. The van der Waals surface area contributed by atoms with Crippen LogP contribution in [0.5, 0.6) is 0 Å². The highest BCUT2D eigenvalue weighted by Crippen LogP contribution is 1.93. The Kier molecular flexibility index (Phi) is 7.40. The second kappa shape index (κ2) is 8.08. The van der Waals surface area contributed by atoms with Crippen LogP contribution in [0.3, 0.4) is 0 Å². The van der Waals surface area contributed by atoms with Crippen LogP contribution in [0.1, 0.15) is 33.6 Å². The van der Waals surface area contributed by atoms with Crippen molar-refractivity contribution in [2.45, 2.75) is 39.7 Å². The third-order valence-corrected chi connectivity index (χ3v) is 1.71. The molecule has 0 aliphatic carbocycles. The first kappa shape index (κ1) is 13.7. The van der Waals surface area contributed by atoms with Gasteiger partial charge in [-0.15, -0.1) is 0 Å². The molecule has 0 bridgehead atoms. The monoisotopic (exact) mass is 217 g/mol. The zero-order valence-electron chi connectivity index (χ0n) is 9.54. The summed E-state index contributed by atoms with van der Waals surface area (Å²) in [6, 6.07) is -0.666. The van der Waals surface area contributed by atoms with E-state index in [4.69, 9.17) is 4.74 Å². The maximum absolute atomic E-state index is 11.3. The van der Waals surface area contributed by atoms with E-state index in [-0.39, 0.29) is 6.61 Å². The fourth-order valence-electron chi connectivity index (χ4n) is 0.851. The molecule has 0 aliphatic rings. The number of hydrogen-bond donors (Lipinski definition) is 1. The van der Waals surface area contributed by atoms with Crippen LogP contribution >= 0.6 is 0 Å². The first-order valence-corrected chi connectivity index (χ1v) is 5.21. The maximum Gasteiger partial charge on any atom is 0.407 e. The van der Waals surface area contributed by atoms with Crippen LogP contribution in [-0.2, 0) is 14.3 Å². The van der Waals surface area contributed by atoms with Crippen LogP contribution in [0.15, 0.2) is 0 Å². The Labute approximate surface area is 90.1 Å². The van der Waals surface area contributed by atoms with Gasteiger partial charge in [0.1, 0.15) is 6.04 Å². The lowest BCUT2D eigenvalue weighted by atomic mass is 10.3. The van der Waals surface area contributed by atoms with Gasteiger partial charge in [0.15, 0.2) is 0 Å². The number of rotatable bonds is 6. The Morgan fingerprint density at radius 1 is 1.27 bits per heavy atom. The lowest BCUT2D eigenvalue weighted by molar-refractivity contribution is -0.145. The number of esters is 1. The van der Waals surface area contributed by atoms with E-state index in [0.29, 0.717) is 6.61 Å². The van der Waals surface area contributed by atoms with Crippen LogP contribution < -0.4 is 5.32 Å². The van der Waals surface area contributed by atoms with E-state index in [1.165, 1.54) is 0 Å². The molecule has 0 rings (SSSR count). The van der Waals surface area contributed by atoms with Crippen LogP contribution in [0, 0.1) is 0 Å². The molecule has 0 saturated heterocycles. The molecule has 0 aromatic heterocycles. The molecule has 5 nitrogen and oxygen atoms in total. The molecule has 1 atom stereocenters. The van der Waals surface area contributed by atoms with Crippen molar-refractivity contribution in [3.8, 4) is 0 Å². The highest BCUT2D eigenvalue weighted by atomic mass is 16.6. The van der Waals surface area contributed by atoms with Gasteiger partial charge in [0.05, 0.1) is 13.2 Å². The molecule has 0 aromatic carbocycles. The van der Waals surface area contributed by atoms with Gasteiger partial charge in [-0.3, -0.25) is 0 Å². The van der Waals surface area contributed by atoms with E-state index in [0.717, 1.165) is 12.8 Å². The summed E-state index contributed by atoms with van der Waals surface area (Å²) < 4.78 is 9.54. The molecule has 0 saturated carbocycles. The van der Waals surface area contributed by atoms with E-state index >= 15 is 0 Å². The van der Waals surface area contributed by atoms with Gasteiger partial charge in [-0.25, -0.2) is 9.59 Å². The first-order valence-electron chi connectivity index (χ1n) is 5.21. The van der Waals surface area contributed by atoms with Gasteiger partial charge in [-0.1, -0.05) is 13.3 Å². The normalized spacial score (nSPS) is 11.7. The molecule has 5 heteroatoms. The SMILES string of the molecule is CCCCOC(=O)[C@H](C)NC(=O)OCC. The zero-order valence-corrected chi connectivity index (χ0v) is 9.54. The summed E-state index contributed by atoms with van der Waals surface area (Å²) in [4.78, 5) is 22.2. The van der Waals surface area contributed by atoms with Crippen molar-refractivity contribution >= 4 is 12.1 Å². The largest absolute Gasteiger partial charge is 0.464 e. The standard InChI is InChI=1S/C10H19NO4/c1-4-6-7-15-9(12)8(3)11-10(13)14-5-2/h8H,4-7H2,1-3H3,(H,11,13)/t8-/m0/s1. The number of carbonyl (C=O) groups excluding carboxylic acids is 2. The maximum atomic E-state index is 11.3. The van der Waals surface area contributed by atoms with Crippen LogP contribution in [0.4, 0.5) is 4.79 Å². The molecular formula is C10H19NO4. The lowest BCUT2D eigenvalue weighted by Gasteiger charge is -2.12. The third kappa shape index (κ3) is 6.76. The van der Waals surface area contributed by atoms with Gasteiger partial charge < -0.3 is 14.8 Å². The molecule has 1 N–H and O–H groups in total. The Hall–Kier alpha value is -1.26. The van der Waals surface area contributed by atoms with Crippen LogP contribution in [-0.4, -0.2) is 31.3 Å². The smallest absolute Gasteiger partial charge is 0.407 e. The minimum atomic E-state index is -0.666. The van der Waals surface area contributed by atoms with Gasteiger partial charge in [-0.2, -0.15) is 0 Å². The van der Waals surface area contributed by atoms with Crippen molar-refractivity contribution in [3.63, 3.8) is 0 Å². The molecule has 0 unspecified atom stereocenters. The van der Waals surface area contributed by atoms with Crippen molar-refractivity contribution in [1.82, 2.24) is 5.32 Å². The van der Waals surface area contributed by atoms with Crippen LogP contribution in [0.2, 0.25) is 0 Å². The van der Waals surface area contributed by atoms with E-state index in [1.807, 2.05) is 6.92 Å². The molecule has 0 spiro atoms. The molecule has 0 fully saturated rings. The Morgan fingerprint density at radius 2 is 1.93 bits per heavy atom. The molecular weight excluding hydrogens is 198 g/mol. The highest BCUT2D eigenvalue weighted by molar-refractivity contribution is 5.80. The van der Waals surface area contributed by atoms with Gasteiger partial charge in [0, 0.05) is 0 Å². The summed E-state index contributed by atoms with van der Waals surface area (Å²) in [5.74, 6) is -0.434. The third-order valence-electron chi connectivity index (χ3n) is 1.71. The van der Waals surface area contributed by atoms with Gasteiger partial charge in [-0.05, 0) is 20.3 Å². The second-order valence-electron chi connectivity index (χ2n) is 3.11. The highest BCUT2D eigenvalue weighted by Gasteiger charge is 2.16. The summed E-state index contributed by atoms with van der Waals surface area (Å²) in [5, 5.41) is 2.37. The lowest BCUT2D eigenvalue weighted by Crippen LogP contribution is -2.39. The number of hydrogen-bond acceptors (Lipinski definition) is 4. The van der Waals surface area contributed by atoms with E-state index < -0.39 is 18.1 Å². The van der Waals surface area contributed by atoms with Crippen molar-refractivity contribution in [2.75, 3.05) is 13.2 Å². The fourth-order valence-corrected chi connectivity index (χ4v) is 0.851. The first-order chi connectivity index (χ1) is 7.11. The van der Waals surface area contributed by atoms with Gasteiger partial charge in [0.25, 0.3) is 0 Å². The van der Waals surface area contributed by atoms with E-state index in [2.05, 4.69) is 10.1 Å². The van der Waals surface area contributed by atoms with Crippen LogP contribution in [0.25, 0.3) is 0 Å². The molecule has 0 aromatic rings. The van der Waals surface area contributed by atoms with E-state index in [9.17, 15) is 9.59 Å². The number of carbonyl (C=O) groups is 2. The predicted molar refractivity (Wildman–Crippen MR) is 55.5 cm³/mol. The average Bonchev–Trinajstić information content (AvgIpc) is 2.18. The van der Waals surface area contributed by atoms with Crippen molar-refractivity contribution < 1.29 is 19.1 Å². The predicted octanol–water partition coefficient (Wildman–Crippen LogP) is 1.46. The molecule has 0 aliphatic heterocycles. The summed E-state index contributed by atoms with van der Waals surface area (Å²) in [6.45, 7) is 5.94. The van der Waals surface area contributed by atoms with Gasteiger partial charge in [0.2, 0.25) is 0 Å². The van der Waals surface area contributed by atoms with Crippen molar-refractivity contribution in [2.24, 2.45) is 0 Å².